The average molecular weight is 483 g/mol. The van der Waals surface area contributed by atoms with Crippen LogP contribution in [0.2, 0.25) is 0 Å². The molecule has 1 heterocycles. The Hall–Kier alpha value is -1.31. The Balaban J connectivity index is 1.46. The quantitative estimate of drug-likeness (QED) is 0.603. The van der Waals surface area contributed by atoms with Crippen molar-refractivity contribution in [1.29, 1.82) is 0 Å². The third kappa shape index (κ3) is 5.51. The Morgan fingerprint density at radius 2 is 1.48 bits per heavy atom. The van der Waals surface area contributed by atoms with E-state index in [-0.39, 0.29) is 41.5 Å². The summed E-state index contributed by atoms with van der Waals surface area (Å²) in [5.41, 5.74) is 0. The van der Waals surface area contributed by atoms with E-state index in [1.54, 1.807) is 6.92 Å². The van der Waals surface area contributed by atoms with E-state index < -0.39 is 9.84 Å². The van der Waals surface area contributed by atoms with Gasteiger partial charge in [-0.3, -0.25) is 4.79 Å². The molecule has 0 spiro atoms. The highest BCUT2D eigenvalue weighted by Gasteiger charge is 2.48. The Bertz CT molecular complexity index is 817. The lowest BCUT2D eigenvalue weighted by Crippen LogP contribution is -2.67. The van der Waals surface area contributed by atoms with Gasteiger partial charge in [0.05, 0.1) is 17.3 Å². The fraction of sp³-hybridized carbons (Fsp3) is 0.920. The first-order valence-electron chi connectivity index (χ1n) is 13.1. The van der Waals surface area contributed by atoms with Gasteiger partial charge in [-0.1, -0.05) is 6.42 Å². The minimum Gasteiger partial charge on any atom is -0.446 e. The zero-order valence-electron chi connectivity index (χ0n) is 20.6. The van der Waals surface area contributed by atoms with E-state index >= 15 is 0 Å². The maximum absolute atomic E-state index is 13.3. The third-order valence-corrected chi connectivity index (χ3v) is 10.6. The maximum atomic E-state index is 13.3. The summed E-state index contributed by atoms with van der Waals surface area (Å²) < 4.78 is 29.9. The molecule has 1 aliphatic heterocycles. The van der Waals surface area contributed by atoms with E-state index in [2.05, 4.69) is 0 Å². The number of sulfone groups is 1. The first kappa shape index (κ1) is 24.8. The summed E-state index contributed by atoms with van der Waals surface area (Å²) >= 11 is 0. The Labute approximate surface area is 199 Å². The van der Waals surface area contributed by atoms with Gasteiger partial charge in [-0.05, 0) is 89.4 Å². The minimum absolute atomic E-state index is 0.00688. The number of amides is 2. The molecule has 0 aromatic rings. The number of hydrogen-bond acceptors (Lipinski definition) is 5. The van der Waals surface area contributed by atoms with Crippen molar-refractivity contribution in [3.63, 3.8) is 0 Å². The highest BCUT2D eigenvalue weighted by Crippen LogP contribution is 2.43. The highest BCUT2D eigenvalue weighted by atomic mass is 32.2. The van der Waals surface area contributed by atoms with Crippen LogP contribution in [-0.2, 0) is 19.4 Å². The van der Waals surface area contributed by atoms with E-state index in [4.69, 9.17) is 4.74 Å². The van der Waals surface area contributed by atoms with Crippen LogP contribution >= 0.6 is 0 Å². The molecule has 0 radical (unpaired) electrons. The van der Waals surface area contributed by atoms with Crippen molar-refractivity contribution in [1.82, 2.24) is 9.80 Å². The summed E-state index contributed by atoms with van der Waals surface area (Å²) in [4.78, 5) is 29.8. The van der Waals surface area contributed by atoms with Crippen molar-refractivity contribution >= 4 is 21.8 Å². The maximum Gasteiger partial charge on any atom is 0.410 e. The van der Waals surface area contributed by atoms with Crippen molar-refractivity contribution in [3.05, 3.63) is 0 Å². The molecular weight excluding hydrogens is 440 g/mol. The topological polar surface area (TPSA) is 84.0 Å². The molecular formula is C25H42N2O5S. The lowest BCUT2D eigenvalue weighted by atomic mass is 9.69. The molecule has 188 valence electrons. The van der Waals surface area contributed by atoms with Crippen molar-refractivity contribution < 1.29 is 22.7 Å². The number of ether oxygens (including phenoxy) is 1. The fourth-order valence-corrected chi connectivity index (χ4v) is 8.35. The second-order valence-electron chi connectivity index (χ2n) is 11.1. The van der Waals surface area contributed by atoms with Gasteiger partial charge in [0.15, 0.2) is 0 Å². The van der Waals surface area contributed by atoms with Gasteiger partial charge in [0.2, 0.25) is 5.91 Å². The average Bonchev–Trinajstić information content (AvgIpc) is 2.78. The monoisotopic (exact) mass is 482 g/mol. The van der Waals surface area contributed by atoms with E-state index in [0.29, 0.717) is 18.4 Å². The first-order valence-corrected chi connectivity index (χ1v) is 15.1. The molecule has 3 saturated carbocycles. The van der Waals surface area contributed by atoms with E-state index in [0.717, 1.165) is 70.6 Å². The van der Waals surface area contributed by atoms with Crippen LogP contribution in [0.3, 0.4) is 0 Å². The molecule has 0 aromatic heterocycles. The Kier molecular flexibility index (Phi) is 7.61. The van der Waals surface area contributed by atoms with Gasteiger partial charge in [-0.2, -0.15) is 0 Å². The van der Waals surface area contributed by atoms with Gasteiger partial charge < -0.3 is 14.5 Å². The first-order chi connectivity index (χ1) is 15.6. The zero-order chi connectivity index (χ0) is 23.8. The van der Waals surface area contributed by atoms with Gasteiger partial charge >= 0.3 is 6.09 Å². The van der Waals surface area contributed by atoms with Crippen LogP contribution < -0.4 is 0 Å². The van der Waals surface area contributed by atoms with Gasteiger partial charge in [0.1, 0.15) is 15.9 Å². The smallest absolute Gasteiger partial charge is 0.410 e. The fourth-order valence-electron chi connectivity index (χ4n) is 7.22. The molecule has 4 aliphatic rings. The van der Waals surface area contributed by atoms with Crippen LogP contribution in [-0.4, -0.2) is 72.5 Å². The van der Waals surface area contributed by atoms with Crippen molar-refractivity contribution in [3.8, 4) is 0 Å². The molecule has 1 saturated heterocycles. The third-order valence-electron chi connectivity index (χ3n) is 8.92. The van der Waals surface area contributed by atoms with Gasteiger partial charge in [0, 0.05) is 25.8 Å². The van der Waals surface area contributed by atoms with Crippen molar-refractivity contribution in [2.45, 2.75) is 120 Å². The molecule has 8 heteroatoms. The van der Waals surface area contributed by atoms with Crippen LogP contribution in [0.4, 0.5) is 4.79 Å². The molecule has 2 amide bonds. The van der Waals surface area contributed by atoms with Crippen LogP contribution in [0.1, 0.15) is 90.9 Å². The van der Waals surface area contributed by atoms with Crippen molar-refractivity contribution in [2.24, 2.45) is 11.8 Å². The molecule has 4 fully saturated rings. The Morgan fingerprint density at radius 1 is 0.848 bits per heavy atom. The molecule has 3 aliphatic carbocycles. The van der Waals surface area contributed by atoms with Crippen LogP contribution in [0.5, 0.6) is 0 Å². The SMILES string of the molecule is CC(=O)N1C2CCC(C3CCC(S(C)(=O)=O)CC3)CC2N(C(=O)OC2CCCCC2)C[C@@H]1C. The summed E-state index contributed by atoms with van der Waals surface area (Å²) in [6.07, 6.45) is 12.8. The molecule has 33 heavy (non-hydrogen) atoms. The van der Waals surface area contributed by atoms with E-state index in [9.17, 15) is 18.0 Å². The normalized spacial score (nSPS) is 36.2. The molecule has 0 aromatic carbocycles. The predicted molar refractivity (Wildman–Crippen MR) is 128 cm³/mol. The number of nitrogens with zero attached hydrogens (tertiary/aromatic N) is 2. The number of fused-ring (bicyclic) bond motifs is 1. The summed E-state index contributed by atoms with van der Waals surface area (Å²) in [7, 11) is -2.97. The Morgan fingerprint density at radius 3 is 2.09 bits per heavy atom. The highest BCUT2D eigenvalue weighted by molar-refractivity contribution is 7.91. The second kappa shape index (κ2) is 10.1. The van der Waals surface area contributed by atoms with Gasteiger partial charge in [-0.25, -0.2) is 13.2 Å². The number of hydrogen-bond donors (Lipinski definition) is 0. The van der Waals surface area contributed by atoms with Crippen LogP contribution in [0.15, 0.2) is 0 Å². The molecule has 0 bridgehead atoms. The largest absolute Gasteiger partial charge is 0.446 e. The van der Waals surface area contributed by atoms with Gasteiger partial charge in [-0.15, -0.1) is 0 Å². The second-order valence-corrected chi connectivity index (χ2v) is 13.5. The standard InChI is InChI=1S/C25H42N2O5S/c1-17-16-26(25(29)32-21-7-5-4-6-8-21)24-15-20(11-14-23(24)27(17)18(2)28)19-9-12-22(13-10-19)33(3,30)31/h17,19-24H,4-16H2,1-3H3/t17-,19?,20?,22?,23?,24?/m0/s1. The van der Waals surface area contributed by atoms with Crippen LogP contribution in [0, 0.1) is 11.8 Å². The zero-order valence-corrected chi connectivity index (χ0v) is 21.4. The number of rotatable bonds is 3. The number of carbonyl (C=O) groups is 2. The number of piperazine rings is 1. The van der Waals surface area contributed by atoms with Crippen LogP contribution in [0.25, 0.3) is 0 Å². The summed E-state index contributed by atoms with van der Waals surface area (Å²) in [6.45, 7) is 4.21. The van der Waals surface area contributed by atoms with E-state index in [1.165, 1.54) is 12.7 Å². The summed E-state index contributed by atoms with van der Waals surface area (Å²) in [5, 5.41) is -0.198. The van der Waals surface area contributed by atoms with Crippen molar-refractivity contribution in [2.75, 3.05) is 12.8 Å². The predicted octanol–water partition coefficient (Wildman–Crippen LogP) is 4.15. The molecule has 4 rings (SSSR count). The summed E-state index contributed by atoms with van der Waals surface area (Å²) in [5.74, 6) is 1.06. The summed E-state index contributed by atoms with van der Waals surface area (Å²) in [6, 6.07) is 0.0331. The minimum atomic E-state index is -2.97. The molecule has 4 atom stereocenters. The van der Waals surface area contributed by atoms with E-state index in [1.807, 2.05) is 16.7 Å². The lowest BCUT2D eigenvalue weighted by molar-refractivity contribution is -0.143. The number of carbonyl (C=O) groups excluding carboxylic acids is 2. The molecule has 3 unspecified atom stereocenters. The molecule has 7 nitrogen and oxygen atoms in total. The molecule has 0 N–H and O–H groups in total. The van der Waals surface area contributed by atoms with Gasteiger partial charge in [0.25, 0.3) is 0 Å². The lowest BCUT2D eigenvalue weighted by Gasteiger charge is -2.54.